The topological polar surface area (TPSA) is 72.0 Å². The zero-order valence-corrected chi connectivity index (χ0v) is 20.2. The monoisotopic (exact) mass is 490 g/mol. The molecule has 1 aromatic heterocycles. The minimum atomic E-state index is -3.22. The third-order valence-corrected chi connectivity index (χ3v) is 7.99. The Hall–Kier alpha value is -2.28. The molecule has 0 saturated heterocycles. The van der Waals surface area contributed by atoms with Crippen LogP contribution in [0.1, 0.15) is 42.2 Å². The highest BCUT2D eigenvalue weighted by atomic mass is 35.5. The van der Waals surface area contributed by atoms with Crippen LogP contribution in [0.5, 0.6) is 5.75 Å². The van der Waals surface area contributed by atoms with Gasteiger partial charge in [-0.3, -0.25) is 0 Å². The molecule has 0 spiro atoms. The molecule has 1 aliphatic rings. The van der Waals surface area contributed by atoms with Crippen LogP contribution < -0.4 is 4.74 Å². The number of halogens is 2. The Morgan fingerprint density at radius 3 is 2.53 bits per heavy atom. The van der Waals surface area contributed by atoms with E-state index in [1.807, 2.05) is 43.3 Å². The highest BCUT2D eigenvalue weighted by molar-refractivity contribution is 7.91. The number of alkyl halides is 1. The van der Waals surface area contributed by atoms with Gasteiger partial charge in [0, 0.05) is 29.7 Å². The van der Waals surface area contributed by atoms with Crippen molar-refractivity contribution in [1.82, 2.24) is 9.97 Å². The number of ether oxygens (including phenoxy) is 1. The van der Waals surface area contributed by atoms with Crippen molar-refractivity contribution in [3.8, 4) is 5.75 Å². The molecule has 0 amide bonds. The number of imidazole rings is 1. The SMILES string of the molecule is CCOc1ccccc1C1=C(Cl)c2nc(Cc3ccc(S(=O)(=O)CC)cc3)[nH]c2CC1Cl. The first-order chi connectivity index (χ1) is 15.3. The molecule has 1 unspecified atom stereocenters. The number of fused-ring (bicyclic) bond motifs is 1. The Morgan fingerprint density at radius 1 is 1.12 bits per heavy atom. The van der Waals surface area contributed by atoms with Gasteiger partial charge in [0.1, 0.15) is 17.3 Å². The average Bonchev–Trinajstić information content (AvgIpc) is 3.18. The van der Waals surface area contributed by atoms with E-state index in [9.17, 15) is 8.42 Å². The van der Waals surface area contributed by atoms with E-state index < -0.39 is 9.84 Å². The molecule has 0 aliphatic heterocycles. The molecular weight excluding hydrogens is 467 g/mol. The van der Waals surface area contributed by atoms with E-state index in [0.717, 1.165) is 34.0 Å². The number of rotatable bonds is 7. The second kappa shape index (κ2) is 9.30. The van der Waals surface area contributed by atoms with E-state index in [2.05, 4.69) is 4.98 Å². The molecule has 168 valence electrons. The van der Waals surface area contributed by atoms with Gasteiger partial charge in [0.25, 0.3) is 0 Å². The smallest absolute Gasteiger partial charge is 0.178 e. The lowest BCUT2D eigenvalue weighted by Crippen LogP contribution is -2.15. The van der Waals surface area contributed by atoms with Gasteiger partial charge in [-0.1, -0.05) is 48.9 Å². The third-order valence-electron chi connectivity index (χ3n) is 5.48. The van der Waals surface area contributed by atoms with Crippen LogP contribution in [0.25, 0.3) is 10.6 Å². The predicted molar refractivity (Wildman–Crippen MR) is 129 cm³/mol. The molecule has 0 bridgehead atoms. The fourth-order valence-electron chi connectivity index (χ4n) is 3.86. The second-order valence-corrected chi connectivity index (χ2v) is 10.7. The lowest BCUT2D eigenvalue weighted by Gasteiger charge is -2.23. The van der Waals surface area contributed by atoms with Gasteiger partial charge in [-0.2, -0.15) is 0 Å². The fourth-order valence-corrected chi connectivity index (χ4v) is 5.57. The van der Waals surface area contributed by atoms with Crippen LogP contribution in [-0.2, 0) is 22.7 Å². The first kappa shape index (κ1) is 22.9. The maximum absolute atomic E-state index is 12.0. The van der Waals surface area contributed by atoms with Crippen LogP contribution in [-0.4, -0.2) is 36.1 Å². The summed E-state index contributed by atoms with van der Waals surface area (Å²) in [5.41, 5.74) is 4.24. The van der Waals surface area contributed by atoms with Gasteiger partial charge in [-0.15, -0.1) is 11.6 Å². The van der Waals surface area contributed by atoms with Gasteiger partial charge in [-0.05, 0) is 30.7 Å². The lowest BCUT2D eigenvalue weighted by molar-refractivity contribution is 0.339. The summed E-state index contributed by atoms with van der Waals surface area (Å²) < 4.78 is 29.8. The maximum Gasteiger partial charge on any atom is 0.178 e. The molecule has 32 heavy (non-hydrogen) atoms. The number of hydrogen-bond acceptors (Lipinski definition) is 4. The molecule has 3 aromatic rings. The Balaban J connectivity index is 1.65. The van der Waals surface area contributed by atoms with Gasteiger partial charge in [-0.25, -0.2) is 13.4 Å². The Morgan fingerprint density at radius 2 is 1.84 bits per heavy atom. The first-order valence-corrected chi connectivity index (χ1v) is 13.0. The average molecular weight is 491 g/mol. The molecule has 0 saturated carbocycles. The van der Waals surface area contributed by atoms with E-state index in [0.29, 0.717) is 35.1 Å². The first-order valence-electron chi connectivity index (χ1n) is 10.5. The fraction of sp³-hybridized carbons (Fsp3) is 0.292. The van der Waals surface area contributed by atoms with Crippen LogP contribution in [0, 0.1) is 0 Å². The Labute approximate surface area is 198 Å². The molecule has 0 fully saturated rings. The molecule has 1 atom stereocenters. The standard InChI is InChI=1S/C24H24Cl2N2O3S/c1-3-31-20-8-6-5-7-17(20)22-18(25)14-19-24(23(22)26)28-21(27-19)13-15-9-11-16(12-10-15)32(29,30)4-2/h5-12,18H,3-4,13-14H2,1-2H3,(H,27,28). The zero-order valence-electron chi connectivity index (χ0n) is 17.9. The van der Waals surface area contributed by atoms with Gasteiger partial charge < -0.3 is 9.72 Å². The normalized spacial score (nSPS) is 16.2. The van der Waals surface area contributed by atoms with Crippen molar-refractivity contribution in [3.63, 3.8) is 0 Å². The number of H-pyrrole nitrogens is 1. The van der Waals surface area contributed by atoms with E-state index in [1.165, 1.54) is 0 Å². The summed E-state index contributed by atoms with van der Waals surface area (Å²) >= 11 is 13.6. The van der Waals surface area contributed by atoms with Crippen LogP contribution in [0.3, 0.4) is 0 Å². The van der Waals surface area contributed by atoms with E-state index >= 15 is 0 Å². The molecule has 1 N–H and O–H groups in total. The van der Waals surface area contributed by atoms with Crippen molar-refractivity contribution < 1.29 is 13.2 Å². The molecule has 1 heterocycles. The van der Waals surface area contributed by atoms with Crippen LogP contribution in [0.4, 0.5) is 0 Å². The highest BCUT2D eigenvalue weighted by Gasteiger charge is 2.30. The number of sulfone groups is 1. The molecule has 1 aliphatic carbocycles. The second-order valence-electron chi connectivity index (χ2n) is 7.56. The number of hydrogen-bond donors (Lipinski definition) is 1. The Kier molecular flexibility index (Phi) is 6.65. The molecule has 5 nitrogen and oxygen atoms in total. The van der Waals surface area contributed by atoms with Crippen LogP contribution >= 0.6 is 23.2 Å². The number of nitrogens with one attached hydrogen (secondary N) is 1. The molecule has 8 heteroatoms. The number of nitrogens with zero attached hydrogens (tertiary/aromatic N) is 1. The van der Waals surface area contributed by atoms with Crippen molar-refractivity contribution in [2.24, 2.45) is 0 Å². The molecule has 0 radical (unpaired) electrons. The van der Waals surface area contributed by atoms with E-state index in [1.54, 1.807) is 19.1 Å². The number of allylic oxidation sites excluding steroid dienone is 1. The summed E-state index contributed by atoms with van der Waals surface area (Å²) in [6.45, 7) is 4.12. The number of aromatic amines is 1. The molecular formula is C24H24Cl2N2O3S. The van der Waals surface area contributed by atoms with E-state index in [-0.39, 0.29) is 11.1 Å². The van der Waals surface area contributed by atoms with Gasteiger partial charge in [0.2, 0.25) is 0 Å². The van der Waals surface area contributed by atoms with Crippen molar-refractivity contribution in [2.45, 2.75) is 37.0 Å². The van der Waals surface area contributed by atoms with Crippen molar-refractivity contribution in [3.05, 3.63) is 76.9 Å². The highest BCUT2D eigenvalue weighted by Crippen LogP contribution is 2.43. The molecule has 4 rings (SSSR count). The van der Waals surface area contributed by atoms with Crippen molar-refractivity contribution in [1.29, 1.82) is 0 Å². The number of benzene rings is 2. The van der Waals surface area contributed by atoms with Crippen molar-refractivity contribution in [2.75, 3.05) is 12.4 Å². The third kappa shape index (κ3) is 4.45. The summed E-state index contributed by atoms with van der Waals surface area (Å²) in [6, 6.07) is 14.6. The lowest BCUT2D eigenvalue weighted by atomic mass is 9.92. The summed E-state index contributed by atoms with van der Waals surface area (Å²) in [7, 11) is -3.22. The summed E-state index contributed by atoms with van der Waals surface area (Å²) in [5.74, 6) is 1.58. The zero-order chi connectivity index (χ0) is 22.9. The van der Waals surface area contributed by atoms with Gasteiger partial charge in [0.05, 0.1) is 27.7 Å². The molecule has 2 aromatic carbocycles. The summed E-state index contributed by atoms with van der Waals surface area (Å²) in [4.78, 5) is 8.41. The quantitative estimate of drug-likeness (QED) is 0.446. The van der Waals surface area contributed by atoms with E-state index in [4.69, 9.17) is 32.9 Å². The van der Waals surface area contributed by atoms with Gasteiger partial charge in [0.15, 0.2) is 9.84 Å². The minimum Gasteiger partial charge on any atom is -0.493 e. The van der Waals surface area contributed by atoms with Crippen LogP contribution in [0.15, 0.2) is 53.4 Å². The minimum absolute atomic E-state index is 0.0798. The van der Waals surface area contributed by atoms with Crippen LogP contribution in [0.2, 0.25) is 0 Å². The van der Waals surface area contributed by atoms with Crippen molar-refractivity contribution >= 4 is 43.6 Å². The number of para-hydroxylation sites is 1. The largest absolute Gasteiger partial charge is 0.493 e. The van der Waals surface area contributed by atoms with Gasteiger partial charge >= 0.3 is 0 Å². The maximum atomic E-state index is 12.0. The summed E-state index contributed by atoms with van der Waals surface area (Å²) in [6.07, 6.45) is 1.10. The Bertz CT molecular complexity index is 1260. The summed E-state index contributed by atoms with van der Waals surface area (Å²) in [5, 5.41) is 0.203. The number of aromatic nitrogens is 2. The predicted octanol–water partition coefficient (Wildman–Crippen LogP) is 5.46.